The molecule has 0 unspecified atom stereocenters. The van der Waals surface area contributed by atoms with E-state index in [1.54, 1.807) is 46.4 Å². The molecule has 0 spiro atoms. The Morgan fingerprint density at radius 3 is 1.69 bits per heavy atom. The van der Waals surface area contributed by atoms with E-state index in [9.17, 15) is 19.2 Å². The summed E-state index contributed by atoms with van der Waals surface area (Å²) in [5, 5.41) is 14.8. The standard InChI is InChI=1S/C42H52N6O6/c1-40(2,3)53-37(50)28-35(38(51)47-25-17-10-18-26-47)48-29-34(45-46-48)33(43-39(52)54-41(4,5)6)27-36(49)44-42(30-19-11-7-12-20-30,31-21-13-8-14-22-31)32-23-15-9-16-24-32/h7-9,11-16,19-24,29,33,35H,10,17-18,25-28H2,1-6H3,(H,43,52)(H,44,49)/t33-,35-/m0/s1. The number of hydrogen-bond donors (Lipinski definition) is 2. The molecular formula is C42H52N6O6. The van der Waals surface area contributed by atoms with E-state index in [2.05, 4.69) is 20.9 Å². The summed E-state index contributed by atoms with van der Waals surface area (Å²) in [7, 11) is 0. The number of carbonyl (C=O) groups excluding carboxylic acids is 4. The third kappa shape index (κ3) is 10.3. The minimum absolute atomic E-state index is 0.210. The molecule has 54 heavy (non-hydrogen) atoms. The summed E-state index contributed by atoms with van der Waals surface area (Å²) in [4.78, 5) is 56.5. The number of ether oxygens (including phenoxy) is 2. The number of carbonyl (C=O) groups is 4. The molecule has 0 aliphatic carbocycles. The molecule has 0 saturated carbocycles. The number of likely N-dealkylation sites (tertiary alicyclic amines) is 1. The summed E-state index contributed by atoms with van der Waals surface area (Å²) in [6.45, 7) is 11.7. The van der Waals surface area contributed by atoms with Crippen molar-refractivity contribution in [1.29, 1.82) is 0 Å². The summed E-state index contributed by atoms with van der Waals surface area (Å²) in [6, 6.07) is 27.0. The first-order valence-corrected chi connectivity index (χ1v) is 18.5. The minimum atomic E-state index is -1.10. The maximum Gasteiger partial charge on any atom is 0.408 e. The van der Waals surface area contributed by atoms with Gasteiger partial charge in [-0.25, -0.2) is 9.48 Å². The number of benzene rings is 3. The zero-order chi connectivity index (χ0) is 38.9. The predicted octanol–water partition coefficient (Wildman–Crippen LogP) is 6.63. The fourth-order valence-corrected chi connectivity index (χ4v) is 6.67. The molecule has 12 heteroatoms. The van der Waals surface area contributed by atoms with Gasteiger partial charge in [-0.05, 0) is 77.5 Å². The lowest BCUT2D eigenvalue weighted by Gasteiger charge is -2.37. The van der Waals surface area contributed by atoms with Gasteiger partial charge in [0.25, 0.3) is 0 Å². The van der Waals surface area contributed by atoms with E-state index in [0.717, 1.165) is 36.0 Å². The molecule has 1 fully saturated rings. The number of nitrogens with one attached hydrogen (secondary N) is 2. The van der Waals surface area contributed by atoms with Crippen molar-refractivity contribution in [1.82, 2.24) is 30.5 Å². The fourth-order valence-electron chi connectivity index (χ4n) is 6.67. The van der Waals surface area contributed by atoms with Gasteiger partial charge in [0.2, 0.25) is 11.8 Å². The van der Waals surface area contributed by atoms with Gasteiger partial charge in [0.1, 0.15) is 28.5 Å². The molecule has 1 aliphatic rings. The molecular weight excluding hydrogens is 684 g/mol. The molecule has 4 aromatic rings. The lowest BCUT2D eigenvalue weighted by molar-refractivity contribution is -0.158. The summed E-state index contributed by atoms with van der Waals surface area (Å²) in [5.41, 5.74) is 0.0267. The first-order valence-electron chi connectivity index (χ1n) is 18.5. The number of aromatic nitrogens is 3. The molecule has 5 rings (SSSR count). The molecule has 1 aromatic heterocycles. The van der Waals surface area contributed by atoms with Crippen molar-refractivity contribution >= 4 is 23.9 Å². The van der Waals surface area contributed by atoms with Gasteiger partial charge in [-0.1, -0.05) is 96.2 Å². The summed E-state index contributed by atoms with van der Waals surface area (Å²) in [5.74, 6) is -1.24. The first-order chi connectivity index (χ1) is 25.6. The smallest absolute Gasteiger partial charge is 0.408 e. The van der Waals surface area contributed by atoms with Crippen LogP contribution >= 0.6 is 0 Å². The second-order valence-electron chi connectivity index (χ2n) is 15.6. The molecule has 1 aliphatic heterocycles. The molecule has 1 saturated heterocycles. The van der Waals surface area contributed by atoms with Crippen molar-refractivity contribution in [3.8, 4) is 0 Å². The van der Waals surface area contributed by atoms with Crippen LogP contribution in [0.15, 0.2) is 97.2 Å². The number of amides is 3. The summed E-state index contributed by atoms with van der Waals surface area (Å²) >= 11 is 0. The van der Waals surface area contributed by atoms with Crippen LogP contribution in [-0.4, -0.2) is 68.1 Å². The van der Waals surface area contributed by atoms with Crippen LogP contribution < -0.4 is 10.6 Å². The normalized spacial score (nSPS) is 14.7. The molecule has 12 nitrogen and oxygen atoms in total. The SMILES string of the molecule is CC(C)(C)OC(=O)C[C@@H](C(=O)N1CCCCC1)n1cc([C@H](CC(=O)NC(c2ccccc2)(c2ccccc2)c2ccccc2)NC(=O)OC(C)(C)C)nn1. The van der Waals surface area contributed by atoms with Crippen LogP contribution in [0, 0.1) is 0 Å². The van der Waals surface area contributed by atoms with E-state index in [0.29, 0.717) is 13.1 Å². The van der Waals surface area contributed by atoms with Crippen molar-refractivity contribution in [2.24, 2.45) is 0 Å². The van der Waals surface area contributed by atoms with Gasteiger partial charge < -0.3 is 25.0 Å². The number of piperidine rings is 1. The van der Waals surface area contributed by atoms with Crippen molar-refractivity contribution in [3.05, 3.63) is 120 Å². The van der Waals surface area contributed by atoms with E-state index in [1.807, 2.05) is 91.0 Å². The van der Waals surface area contributed by atoms with Gasteiger partial charge in [0.15, 0.2) is 0 Å². The zero-order valence-electron chi connectivity index (χ0n) is 32.1. The molecule has 3 aromatic carbocycles. The first kappa shape index (κ1) is 39.7. The molecule has 2 atom stereocenters. The van der Waals surface area contributed by atoms with E-state index in [-0.39, 0.29) is 24.4 Å². The van der Waals surface area contributed by atoms with Crippen molar-refractivity contribution in [2.75, 3.05) is 13.1 Å². The van der Waals surface area contributed by atoms with Crippen LogP contribution in [0.25, 0.3) is 0 Å². The molecule has 2 N–H and O–H groups in total. The molecule has 0 bridgehead atoms. The van der Waals surface area contributed by atoms with E-state index in [4.69, 9.17) is 9.47 Å². The topological polar surface area (TPSA) is 145 Å². The van der Waals surface area contributed by atoms with E-state index >= 15 is 0 Å². The minimum Gasteiger partial charge on any atom is -0.460 e. The lowest BCUT2D eigenvalue weighted by Crippen LogP contribution is -2.49. The molecule has 2 heterocycles. The predicted molar refractivity (Wildman–Crippen MR) is 204 cm³/mol. The zero-order valence-corrected chi connectivity index (χ0v) is 32.1. The van der Waals surface area contributed by atoms with Crippen LogP contribution in [0.5, 0.6) is 0 Å². The number of alkyl carbamates (subject to hydrolysis) is 1. The van der Waals surface area contributed by atoms with Gasteiger partial charge in [-0.15, -0.1) is 5.10 Å². The van der Waals surface area contributed by atoms with Crippen LogP contribution in [0.4, 0.5) is 4.79 Å². The summed E-state index contributed by atoms with van der Waals surface area (Å²) in [6.07, 6.45) is 2.96. The Hall–Kier alpha value is -5.52. The Bertz CT molecular complexity index is 1760. The van der Waals surface area contributed by atoms with Crippen LogP contribution in [-0.2, 0) is 29.4 Å². The number of rotatable bonds is 12. The highest BCUT2D eigenvalue weighted by Gasteiger charge is 2.39. The number of hydrogen-bond acceptors (Lipinski definition) is 8. The molecule has 0 radical (unpaired) electrons. The van der Waals surface area contributed by atoms with Crippen molar-refractivity contribution in [3.63, 3.8) is 0 Å². The Morgan fingerprint density at radius 2 is 1.20 bits per heavy atom. The number of esters is 1. The van der Waals surface area contributed by atoms with Crippen molar-refractivity contribution in [2.45, 2.75) is 102 Å². The quantitative estimate of drug-likeness (QED) is 0.122. The third-order valence-electron chi connectivity index (χ3n) is 8.97. The molecule has 3 amide bonds. The van der Waals surface area contributed by atoms with Crippen LogP contribution in [0.1, 0.15) is 108 Å². The highest BCUT2D eigenvalue weighted by molar-refractivity contribution is 5.85. The third-order valence-corrected chi connectivity index (χ3v) is 8.97. The Balaban J connectivity index is 1.52. The highest BCUT2D eigenvalue weighted by atomic mass is 16.6. The second-order valence-corrected chi connectivity index (χ2v) is 15.6. The molecule has 286 valence electrons. The Kier molecular flexibility index (Phi) is 12.6. The maximum atomic E-state index is 14.5. The van der Waals surface area contributed by atoms with Gasteiger partial charge in [-0.3, -0.25) is 14.4 Å². The largest absolute Gasteiger partial charge is 0.460 e. The van der Waals surface area contributed by atoms with Crippen molar-refractivity contribution < 1.29 is 28.7 Å². The fraction of sp³-hybridized carbons (Fsp3) is 0.429. The summed E-state index contributed by atoms with van der Waals surface area (Å²) < 4.78 is 12.5. The van der Waals surface area contributed by atoms with Gasteiger partial charge in [0, 0.05) is 13.1 Å². The van der Waals surface area contributed by atoms with Crippen LogP contribution in [0.2, 0.25) is 0 Å². The monoisotopic (exact) mass is 736 g/mol. The average Bonchev–Trinajstić information content (AvgIpc) is 3.62. The average molecular weight is 737 g/mol. The van der Waals surface area contributed by atoms with E-state index in [1.165, 1.54) is 10.9 Å². The second kappa shape index (κ2) is 17.1. The van der Waals surface area contributed by atoms with E-state index < -0.39 is 46.8 Å². The van der Waals surface area contributed by atoms with Gasteiger partial charge >= 0.3 is 12.1 Å². The Labute approximate surface area is 317 Å². The van der Waals surface area contributed by atoms with Gasteiger partial charge in [-0.2, -0.15) is 0 Å². The lowest BCUT2D eigenvalue weighted by atomic mass is 9.77. The number of nitrogens with zero attached hydrogens (tertiary/aromatic N) is 4. The Morgan fingerprint density at radius 1 is 0.704 bits per heavy atom. The van der Waals surface area contributed by atoms with Gasteiger partial charge in [0.05, 0.1) is 25.1 Å². The highest BCUT2D eigenvalue weighted by Crippen LogP contribution is 2.37. The van der Waals surface area contributed by atoms with Crippen LogP contribution in [0.3, 0.4) is 0 Å². The maximum absolute atomic E-state index is 14.5.